The molecule has 2 amide bonds. The Bertz CT molecular complexity index is 1790. The van der Waals surface area contributed by atoms with Crippen molar-refractivity contribution >= 4 is 39.1 Å². The maximum atomic E-state index is 14.6. The van der Waals surface area contributed by atoms with Crippen molar-refractivity contribution in [1.82, 2.24) is 10.2 Å². The first-order valence-electron chi connectivity index (χ1n) is 15.5. The number of carbonyl (C=O) groups excluding carboxylic acids is 2. The Kier molecular flexibility index (Phi) is 11.1. The molecule has 1 N–H and O–H groups in total. The first kappa shape index (κ1) is 33.8. The number of carbonyl (C=O) groups is 2. The number of benzene rings is 4. The lowest BCUT2D eigenvalue weighted by Gasteiger charge is -2.34. The van der Waals surface area contributed by atoms with Crippen molar-refractivity contribution in [1.29, 1.82) is 0 Å². The van der Waals surface area contributed by atoms with Gasteiger partial charge < -0.3 is 19.7 Å². The van der Waals surface area contributed by atoms with Crippen molar-refractivity contribution in [2.75, 3.05) is 24.1 Å². The number of hydrogen-bond donors (Lipinski definition) is 1. The van der Waals surface area contributed by atoms with Crippen molar-refractivity contribution in [3.05, 3.63) is 119 Å². The minimum Gasteiger partial charge on any atom is -0.486 e. The topological polar surface area (TPSA) is 105 Å². The van der Waals surface area contributed by atoms with Crippen LogP contribution in [0.5, 0.6) is 11.5 Å². The third kappa shape index (κ3) is 8.44. The molecule has 0 bridgehead atoms. The van der Waals surface area contributed by atoms with E-state index in [-0.39, 0.29) is 35.5 Å². The molecule has 4 aromatic carbocycles. The Morgan fingerprint density at radius 2 is 1.51 bits per heavy atom. The van der Waals surface area contributed by atoms with Crippen LogP contribution < -0.4 is 19.1 Å². The van der Waals surface area contributed by atoms with Crippen LogP contribution in [-0.4, -0.2) is 57.0 Å². The highest BCUT2D eigenvalue weighted by Gasteiger charge is 2.35. The van der Waals surface area contributed by atoms with E-state index in [4.69, 9.17) is 21.1 Å². The molecular formula is C36H38ClN3O6S. The van der Waals surface area contributed by atoms with Gasteiger partial charge in [-0.25, -0.2) is 8.42 Å². The summed E-state index contributed by atoms with van der Waals surface area (Å²) >= 11 is 6.33. The predicted molar refractivity (Wildman–Crippen MR) is 182 cm³/mol. The number of hydrogen-bond acceptors (Lipinski definition) is 6. The van der Waals surface area contributed by atoms with E-state index in [1.165, 1.54) is 17.0 Å². The van der Waals surface area contributed by atoms with Gasteiger partial charge in [0.05, 0.1) is 10.6 Å². The van der Waals surface area contributed by atoms with Crippen LogP contribution >= 0.6 is 11.6 Å². The Labute approximate surface area is 281 Å². The highest BCUT2D eigenvalue weighted by atomic mass is 35.5. The largest absolute Gasteiger partial charge is 0.486 e. The summed E-state index contributed by atoms with van der Waals surface area (Å²) in [5.74, 6) is -0.0503. The van der Waals surface area contributed by atoms with E-state index in [1.807, 2.05) is 50.2 Å². The summed E-state index contributed by atoms with van der Waals surface area (Å²) in [4.78, 5) is 30.0. The first-order valence-corrected chi connectivity index (χ1v) is 17.3. The summed E-state index contributed by atoms with van der Waals surface area (Å²) < 4.78 is 40.9. The van der Waals surface area contributed by atoms with Gasteiger partial charge >= 0.3 is 0 Å². The molecule has 0 spiro atoms. The molecule has 0 unspecified atom stereocenters. The fraction of sp³-hybridized carbons (Fsp3) is 0.278. The second kappa shape index (κ2) is 15.4. The van der Waals surface area contributed by atoms with Gasteiger partial charge in [-0.3, -0.25) is 13.9 Å². The summed E-state index contributed by atoms with van der Waals surface area (Å²) in [6.07, 6.45) is 0.907. The lowest BCUT2D eigenvalue weighted by atomic mass is 10.0. The van der Waals surface area contributed by atoms with Crippen LogP contribution in [0.1, 0.15) is 31.4 Å². The number of rotatable bonds is 13. The average molecular weight is 676 g/mol. The summed E-state index contributed by atoms with van der Waals surface area (Å²) in [7, 11) is -4.25. The smallest absolute Gasteiger partial charge is 0.264 e. The third-order valence-electron chi connectivity index (χ3n) is 7.94. The number of amides is 2. The Balaban J connectivity index is 1.59. The van der Waals surface area contributed by atoms with Crippen LogP contribution in [0.3, 0.4) is 0 Å². The molecule has 0 fully saturated rings. The summed E-state index contributed by atoms with van der Waals surface area (Å²) in [5.41, 5.74) is 1.76. The van der Waals surface area contributed by atoms with E-state index in [2.05, 4.69) is 5.32 Å². The molecule has 47 heavy (non-hydrogen) atoms. The molecule has 0 radical (unpaired) electrons. The monoisotopic (exact) mass is 675 g/mol. The summed E-state index contributed by atoms with van der Waals surface area (Å²) in [6.45, 7) is 3.98. The van der Waals surface area contributed by atoms with Crippen LogP contribution in [0.4, 0.5) is 5.69 Å². The first-order chi connectivity index (χ1) is 22.7. The van der Waals surface area contributed by atoms with Crippen molar-refractivity contribution in [3.63, 3.8) is 0 Å². The van der Waals surface area contributed by atoms with E-state index >= 15 is 0 Å². The van der Waals surface area contributed by atoms with Crippen LogP contribution in [0.2, 0.25) is 5.02 Å². The standard InChI is InChI=1S/C36H38ClN3O6S/c1-3-26(2)38-36(42)32(22-27-11-6-4-7-12-27)39(24-28-13-10-14-29(37)21-28)35(41)25-40(47(43,44)31-15-8-5-9-16-31)30-17-18-33-34(23-30)46-20-19-45-33/h4-18,21,23,26,32H,3,19-20,22,24-25H2,1-2H3,(H,38,42)/t26-,32+/m0/s1. The summed E-state index contributed by atoms with van der Waals surface area (Å²) in [5, 5.41) is 3.51. The van der Waals surface area contributed by atoms with Gasteiger partial charge in [0.25, 0.3) is 10.0 Å². The second-order valence-corrected chi connectivity index (χ2v) is 13.6. The molecule has 11 heteroatoms. The lowest BCUT2D eigenvalue weighted by Crippen LogP contribution is -2.54. The minimum atomic E-state index is -4.25. The molecule has 5 rings (SSSR count). The van der Waals surface area contributed by atoms with Gasteiger partial charge in [0.15, 0.2) is 11.5 Å². The normalized spacial score (nSPS) is 13.7. The van der Waals surface area contributed by atoms with Crippen LogP contribution in [0.15, 0.2) is 108 Å². The van der Waals surface area contributed by atoms with Gasteiger partial charge in [-0.2, -0.15) is 0 Å². The molecule has 4 aromatic rings. The van der Waals surface area contributed by atoms with E-state index in [0.29, 0.717) is 41.7 Å². The Morgan fingerprint density at radius 3 is 2.19 bits per heavy atom. The zero-order chi connectivity index (χ0) is 33.4. The number of fused-ring (bicyclic) bond motifs is 1. The zero-order valence-electron chi connectivity index (χ0n) is 26.3. The van der Waals surface area contributed by atoms with Crippen molar-refractivity contribution in [3.8, 4) is 11.5 Å². The van der Waals surface area contributed by atoms with E-state index in [0.717, 1.165) is 9.87 Å². The Hall–Kier alpha value is -4.54. The number of ether oxygens (including phenoxy) is 2. The third-order valence-corrected chi connectivity index (χ3v) is 9.96. The van der Waals surface area contributed by atoms with E-state index in [9.17, 15) is 18.0 Å². The Morgan fingerprint density at radius 1 is 0.851 bits per heavy atom. The molecule has 0 saturated carbocycles. The van der Waals surface area contributed by atoms with Gasteiger partial charge in [0, 0.05) is 30.1 Å². The predicted octanol–water partition coefficient (Wildman–Crippen LogP) is 5.86. The number of nitrogens with one attached hydrogen (secondary N) is 1. The highest BCUT2D eigenvalue weighted by Crippen LogP contribution is 2.36. The minimum absolute atomic E-state index is 0.0134. The SMILES string of the molecule is CC[C@H](C)NC(=O)[C@@H](Cc1ccccc1)N(Cc1cccc(Cl)c1)C(=O)CN(c1ccc2c(c1)OCCO2)S(=O)(=O)c1ccccc1. The highest BCUT2D eigenvalue weighted by molar-refractivity contribution is 7.92. The fourth-order valence-corrected chi connectivity index (χ4v) is 6.90. The number of nitrogens with zero attached hydrogens (tertiary/aromatic N) is 2. The fourth-order valence-electron chi connectivity index (χ4n) is 5.26. The number of anilines is 1. The number of halogens is 1. The number of sulfonamides is 1. The average Bonchev–Trinajstić information content (AvgIpc) is 3.09. The second-order valence-electron chi connectivity index (χ2n) is 11.3. The van der Waals surface area contributed by atoms with Gasteiger partial charge in [-0.15, -0.1) is 0 Å². The lowest BCUT2D eigenvalue weighted by molar-refractivity contribution is -0.140. The molecule has 0 aromatic heterocycles. The van der Waals surface area contributed by atoms with Gasteiger partial charge in [0.2, 0.25) is 11.8 Å². The molecular weight excluding hydrogens is 638 g/mol. The molecule has 0 aliphatic carbocycles. The quantitative estimate of drug-likeness (QED) is 0.190. The van der Waals surface area contributed by atoms with Crippen molar-refractivity contribution in [2.24, 2.45) is 0 Å². The maximum Gasteiger partial charge on any atom is 0.264 e. The van der Waals surface area contributed by atoms with Crippen LogP contribution in [-0.2, 0) is 32.6 Å². The summed E-state index contributed by atoms with van der Waals surface area (Å²) in [6, 6.07) is 28.0. The van der Waals surface area contributed by atoms with Gasteiger partial charge in [0.1, 0.15) is 25.8 Å². The van der Waals surface area contributed by atoms with Gasteiger partial charge in [-0.05, 0) is 60.9 Å². The molecule has 1 heterocycles. The van der Waals surface area contributed by atoms with E-state index < -0.39 is 28.5 Å². The van der Waals surface area contributed by atoms with Gasteiger partial charge in [-0.1, -0.05) is 79.2 Å². The van der Waals surface area contributed by atoms with Crippen molar-refractivity contribution < 1.29 is 27.5 Å². The van der Waals surface area contributed by atoms with Crippen molar-refractivity contribution in [2.45, 2.75) is 50.2 Å². The molecule has 246 valence electrons. The molecule has 1 aliphatic heterocycles. The molecule has 1 aliphatic rings. The van der Waals surface area contributed by atoms with E-state index in [1.54, 1.807) is 54.6 Å². The molecule has 0 saturated heterocycles. The van der Waals surface area contributed by atoms with Crippen LogP contribution in [0, 0.1) is 0 Å². The maximum absolute atomic E-state index is 14.6. The van der Waals surface area contributed by atoms with Crippen LogP contribution in [0.25, 0.3) is 0 Å². The zero-order valence-corrected chi connectivity index (χ0v) is 27.9. The molecule has 9 nitrogen and oxygen atoms in total. The molecule has 2 atom stereocenters.